The Balaban J connectivity index is 2.02. The van der Waals surface area contributed by atoms with E-state index in [4.69, 9.17) is 23.2 Å². The molecule has 3 aromatic rings. The summed E-state index contributed by atoms with van der Waals surface area (Å²) in [6.07, 6.45) is 4.37. The molecule has 1 heterocycles. The van der Waals surface area contributed by atoms with Gasteiger partial charge in [0.15, 0.2) is 0 Å². The van der Waals surface area contributed by atoms with Crippen molar-refractivity contribution in [2.45, 2.75) is 25.4 Å². The molecule has 0 saturated carbocycles. The molecular formula is C24H22BrCl2N3O2. The Hall–Kier alpha value is -2.41. The first-order valence-electron chi connectivity index (χ1n) is 9.82. The van der Waals surface area contributed by atoms with Crippen LogP contribution in [-0.2, 0) is 22.6 Å². The molecule has 0 bridgehead atoms. The zero-order chi connectivity index (χ0) is 23.3. The summed E-state index contributed by atoms with van der Waals surface area (Å²) in [7, 11) is 1.65. The highest BCUT2D eigenvalue weighted by Gasteiger charge is 2.41. The van der Waals surface area contributed by atoms with E-state index >= 15 is 0 Å². The Kier molecular flexibility index (Phi) is 7.93. The number of hydrogen-bond donors (Lipinski definition) is 0. The molecule has 166 valence electrons. The van der Waals surface area contributed by atoms with Crippen molar-refractivity contribution in [1.82, 2.24) is 9.88 Å². The molecule has 3 rings (SSSR count). The van der Waals surface area contributed by atoms with Gasteiger partial charge >= 0.3 is 0 Å². The van der Waals surface area contributed by atoms with Crippen molar-refractivity contribution in [1.29, 1.82) is 0 Å². The van der Waals surface area contributed by atoms with E-state index in [1.165, 1.54) is 9.80 Å². The minimum Gasteiger partial charge on any atom is -0.326 e. The van der Waals surface area contributed by atoms with E-state index in [0.717, 1.165) is 15.6 Å². The molecule has 0 spiro atoms. The number of likely N-dealkylation sites (N-methyl/N-ethyl adjacent to an activating group) is 1. The average molecular weight is 535 g/mol. The lowest BCUT2D eigenvalue weighted by molar-refractivity contribution is -0.138. The third kappa shape index (κ3) is 5.68. The summed E-state index contributed by atoms with van der Waals surface area (Å²) in [5.41, 5.74) is 1.10. The quantitative estimate of drug-likeness (QED) is 0.344. The predicted molar refractivity (Wildman–Crippen MR) is 132 cm³/mol. The number of amides is 2. The summed E-state index contributed by atoms with van der Waals surface area (Å²) in [6.45, 7) is 2.01. The minimum atomic E-state index is -1.19. The zero-order valence-corrected chi connectivity index (χ0v) is 20.7. The molecule has 2 amide bonds. The molecule has 5 nitrogen and oxygen atoms in total. The van der Waals surface area contributed by atoms with E-state index in [1.54, 1.807) is 50.6 Å². The van der Waals surface area contributed by atoms with Crippen LogP contribution >= 0.6 is 39.1 Å². The minimum absolute atomic E-state index is 0.236. The molecule has 1 atom stereocenters. The maximum absolute atomic E-state index is 13.9. The van der Waals surface area contributed by atoms with Crippen molar-refractivity contribution < 1.29 is 9.59 Å². The van der Waals surface area contributed by atoms with Crippen LogP contribution < -0.4 is 4.90 Å². The fraction of sp³-hybridized carbons (Fsp3) is 0.208. The smallest absolute Gasteiger partial charge is 0.252 e. The molecule has 0 aliphatic heterocycles. The molecular weight excluding hydrogens is 513 g/mol. The first-order valence-corrected chi connectivity index (χ1v) is 11.4. The molecule has 8 heteroatoms. The first kappa shape index (κ1) is 24.2. The van der Waals surface area contributed by atoms with Gasteiger partial charge in [0.05, 0.1) is 0 Å². The van der Waals surface area contributed by atoms with Crippen LogP contribution in [0.5, 0.6) is 0 Å². The lowest BCUT2D eigenvalue weighted by Crippen LogP contribution is -2.58. The van der Waals surface area contributed by atoms with E-state index in [-0.39, 0.29) is 12.5 Å². The van der Waals surface area contributed by atoms with Crippen LogP contribution in [0, 0.1) is 0 Å². The highest BCUT2D eigenvalue weighted by atomic mass is 79.9. The van der Waals surface area contributed by atoms with Crippen molar-refractivity contribution in [3.8, 4) is 0 Å². The summed E-state index contributed by atoms with van der Waals surface area (Å²) in [5.74, 6) is -0.269. The normalized spacial score (nSPS) is 12.7. The van der Waals surface area contributed by atoms with Crippen LogP contribution in [-0.4, -0.2) is 34.8 Å². The SMILES string of the molecule is CN(C(=O)[C@@](C)(Cc1ccc(Br)cc1)N(C=O)Cc1cccnc1)c1cc(Cl)cc(Cl)c1. The van der Waals surface area contributed by atoms with Crippen LogP contribution in [0.1, 0.15) is 18.1 Å². The van der Waals surface area contributed by atoms with E-state index in [0.29, 0.717) is 28.6 Å². The van der Waals surface area contributed by atoms with Crippen LogP contribution in [0.4, 0.5) is 5.69 Å². The highest BCUT2D eigenvalue weighted by molar-refractivity contribution is 9.10. The van der Waals surface area contributed by atoms with Crippen molar-refractivity contribution in [2.75, 3.05) is 11.9 Å². The molecule has 0 aliphatic rings. The van der Waals surface area contributed by atoms with Gasteiger partial charge in [-0.1, -0.05) is 57.3 Å². The monoisotopic (exact) mass is 533 g/mol. The van der Waals surface area contributed by atoms with E-state index in [2.05, 4.69) is 20.9 Å². The maximum atomic E-state index is 13.9. The Morgan fingerprint density at radius 3 is 2.31 bits per heavy atom. The lowest BCUT2D eigenvalue weighted by atomic mass is 9.89. The van der Waals surface area contributed by atoms with E-state index in [1.807, 2.05) is 30.3 Å². The number of hydrogen-bond acceptors (Lipinski definition) is 3. The second-order valence-corrected chi connectivity index (χ2v) is 9.45. The first-order chi connectivity index (χ1) is 15.2. The zero-order valence-electron chi connectivity index (χ0n) is 17.6. The number of nitrogens with zero attached hydrogens (tertiary/aromatic N) is 3. The Morgan fingerprint density at radius 2 is 1.75 bits per heavy atom. The number of aromatic nitrogens is 1. The van der Waals surface area contributed by atoms with Crippen LogP contribution in [0.15, 0.2) is 71.5 Å². The van der Waals surface area contributed by atoms with Gasteiger partial charge in [-0.3, -0.25) is 14.6 Å². The average Bonchev–Trinajstić information content (AvgIpc) is 2.78. The fourth-order valence-corrected chi connectivity index (χ4v) is 4.31. The molecule has 0 unspecified atom stereocenters. The van der Waals surface area contributed by atoms with Gasteiger partial charge in [-0.25, -0.2) is 0 Å². The Morgan fingerprint density at radius 1 is 1.09 bits per heavy atom. The predicted octanol–water partition coefficient (Wildman–Crippen LogP) is 5.77. The summed E-state index contributed by atoms with van der Waals surface area (Å²) in [6, 6.07) is 16.3. The standard InChI is InChI=1S/C24H22BrCl2N3O2/c1-24(13-17-5-7-19(25)8-6-17,30(16-31)15-18-4-3-9-28-14-18)23(32)29(2)22-11-20(26)10-21(27)12-22/h3-12,14,16H,13,15H2,1-2H3/t24-/m1/s1. The number of halogens is 3. The molecule has 0 radical (unpaired) electrons. The molecule has 0 N–H and O–H groups in total. The van der Waals surface area contributed by atoms with Gasteiger partial charge in [0.2, 0.25) is 6.41 Å². The number of rotatable bonds is 8. The van der Waals surface area contributed by atoms with Crippen molar-refractivity contribution in [3.05, 3.63) is 92.6 Å². The topological polar surface area (TPSA) is 53.5 Å². The largest absolute Gasteiger partial charge is 0.326 e. The van der Waals surface area contributed by atoms with Gasteiger partial charge in [0.1, 0.15) is 5.54 Å². The Bertz CT molecular complexity index is 1080. The maximum Gasteiger partial charge on any atom is 0.252 e. The van der Waals surface area contributed by atoms with Gasteiger partial charge in [-0.2, -0.15) is 0 Å². The molecule has 1 aromatic heterocycles. The second kappa shape index (κ2) is 10.5. The molecule has 2 aromatic carbocycles. The number of pyridine rings is 1. The van der Waals surface area contributed by atoms with E-state index in [9.17, 15) is 9.59 Å². The number of anilines is 1. The van der Waals surface area contributed by atoms with Gasteiger partial charge in [-0.15, -0.1) is 0 Å². The van der Waals surface area contributed by atoms with Crippen LogP contribution in [0.2, 0.25) is 10.0 Å². The summed E-state index contributed by atoms with van der Waals surface area (Å²) >= 11 is 15.7. The third-order valence-electron chi connectivity index (χ3n) is 5.30. The third-order valence-corrected chi connectivity index (χ3v) is 6.26. The summed E-state index contributed by atoms with van der Waals surface area (Å²) < 4.78 is 0.933. The van der Waals surface area contributed by atoms with Crippen molar-refractivity contribution in [3.63, 3.8) is 0 Å². The molecule has 0 aliphatic carbocycles. The van der Waals surface area contributed by atoms with Crippen LogP contribution in [0.3, 0.4) is 0 Å². The van der Waals surface area contributed by atoms with Crippen LogP contribution in [0.25, 0.3) is 0 Å². The number of carbonyl (C=O) groups is 2. The van der Waals surface area contributed by atoms with Crippen molar-refractivity contribution in [2.24, 2.45) is 0 Å². The van der Waals surface area contributed by atoms with Gasteiger partial charge < -0.3 is 9.80 Å². The summed E-state index contributed by atoms with van der Waals surface area (Å²) in [5, 5.41) is 0.841. The number of benzene rings is 2. The van der Waals surface area contributed by atoms with Gasteiger partial charge in [-0.05, 0) is 54.4 Å². The molecule has 0 saturated heterocycles. The van der Waals surface area contributed by atoms with Crippen molar-refractivity contribution >= 4 is 57.1 Å². The van der Waals surface area contributed by atoms with Gasteiger partial charge in [0, 0.05) is 52.6 Å². The molecule has 32 heavy (non-hydrogen) atoms. The fourth-order valence-electron chi connectivity index (χ4n) is 3.53. The lowest BCUT2D eigenvalue weighted by Gasteiger charge is -2.40. The second-order valence-electron chi connectivity index (χ2n) is 7.66. The van der Waals surface area contributed by atoms with E-state index < -0.39 is 5.54 Å². The highest BCUT2D eigenvalue weighted by Crippen LogP contribution is 2.30. The van der Waals surface area contributed by atoms with Gasteiger partial charge in [0.25, 0.3) is 5.91 Å². The molecule has 0 fully saturated rings. The number of carbonyl (C=O) groups excluding carboxylic acids is 2. The summed E-state index contributed by atoms with van der Waals surface area (Å²) in [4.78, 5) is 33.2. The Labute approximate surface area is 206 Å².